The van der Waals surface area contributed by atoms with Crippen LogP contribution in [0.1, 0.15) is 11.3 Å². The number of carbonyl (C=O) groups excluding carboxylic acids is 1. The van der Waals surface area contributed by atoms with Gasteiger partial charge in [-0.1, -0.05) is 11.6 Å². The van der Waals surface area contributed by atoms with Crippen molar-refractivity contribution in [1.82, 2.24) is 10.3 Å². The van der Waals surface area contributed by atoms with Crippen molar-refractivity contribution in [2.24, 2.45) is 16.6 Å². The van der Waals surface area contributed by atoms with Crippen molar-refractivity contribution >= 4 is 39.2 Å². The van der Waals surface area contributed by atoms with Gasteiger partial charge in [-0.3, -0.25) is 14.3 Å². The molecule has 7 N–H and O–H groups in total. The number of pyridine rings is 1. The van der Waals surface area contributed by atoms with E-state index in [0.717, 1.165) is 18.2 Å². The summed E-state index contributed by atoms with van der Waals surface area (Å²) in [5, 5.41) is 5.44. The molecule has 0 aliphatic carbocycles. The number of guanidine groups is 1. The number of nitrogens with zero attached hydrogens (tertiary/aromatic N) is 1. The lowest BCUT2D eigenvalue weighted by atomic mass is 10.1. The van der Waals surface area contributed by atoms with Crippen LogP contribution in [0.15, 0.2) is 39.1 Å². The number of carbonyl (C=O) groups is 1. The van der Waals surface area contributed by atoms with Crippen LogP contribution >= 0.6 is 11.6 Å². The van der Waals surface area contributed by atoms with Crippen LogP contribution < -0.4 is 27.1 Å². The van der Waals surface area contributed by atoms with E-state index in [-0.39, 0.29) is 41.8 Å². The molecule has 1 aromatic carbocycles. The molecule has 0 fully saturated rings. The molecule has 168 valence electrons. The number of H-pyrrole nitrogens is 1. The zero-order valence-corrected chi connectivity index (χ0v) is 17.8. The lowest BCUT2D eigenvalue weighted by molar-refractivity contribution is -0.120. The third-order valence-electron chi connectivity index (χ3n) is 3.71. The molecule has 2 rings (SSSR count). The Kier molecular flexibility index (Phi) is 7.83. The van der Waals surface area contributed by atoms with Gasteiger partial charge in [-0.15, -0.1) is 0 Å². The second kappa shape index (κ2) is 10.1. The molecule has 2 aromatic rings. The smallest absolute Gasteiger partial charge is 0.272 e. The first-order chi connectivity index (χ1) is 14.5. The minimum absolute atomic E-state index is 0.0133. The maximum Gasteiger partial charge on any atom is 0.272 e. The summed E-state index contributed by atoms with van der Waals surface area (Å²) in [4.78, 5) is 31.4. The van der Waals surface area contributed by atoms with Crippen molar-refractivity contribution in [3.63, 3.8) is 0 Å². The average molecular weight is 475 g/mol. The number of amides is 1. The first kappa shape index (κ1) is 24.0. The van der Waals surface area contributed by atoms with Gasteiger partial charge in [0.15, 0.2) is 0 Å². The van der Waals surface area contributed by atoms with Crippen LogP contribution in [-0.2, 0) is 26.1 Å². The molecule has 0 spiro atoms. The number of rotatable bonds is 9. The summed E-state index contributed by atoms with van der Waals surface area (Å²) < 4.78 is 40.7. The topological polar surface area (TPSA) is 182 Å². The maximum absolute atomic E-state index is 13.2. The second-order valence-electron chi connectivity index (χ2n) is 6.24. The summed E-state index contributed by atoms with van der Waals surface area (Å²) >= 11 is 5.83. The molecule has 14 heteroatoms. The fourth-order valence-electron chi connectivity index (χ4n) is 2.48. The van der Waals surface area contributed by atoms with E-state index in [0.29, 0.717) is 5.69 Å². The van der Waals surface area contributed by atoms with E-state index < -0.39 is 32.2 Å². The SMILES string of the molecule is Cc1cc(CC(=O)NCCON=C(N)N)c(NS(=O)(=O)c2ccc(F)cc2Cl)c(=O)[nH]1. The molecular formula is C17H20ClFN6O5S. The van der Waals surface area contributed by atoms with E-state index in [1.807, 2.05) is 0 Å². The van der Waals surface area contributed by atoms with E-state index >= 15 is 0 Å². The zero-order chi connectivity index (χ0) is 23.2. The number of nitrogens with one attached hydrogen (secondary N) is 3. The standard InChI is InChI=1S/C17H20ClFN6O5S/c1-9-6-10(7-14(26)22-4-5-30-24-17(20)21)15(16(27)23-9)25-31(28,29)13-3-2-11(19)8-12(13)18/h2-3,6,8,25H,4-5,7H2,1H3,(H,22,26)(H,23,27)(H4,20,21,24). The zero-order valence-electron chi connectivity index (χ0n) is 16.2. The van der Waals surface area contributed by atoms with Gasteiger partial charge in [0.2, 0.25) is 11.9 Å². The number of benzene rings is 1. The van der Waals surface area contributed by atoms with Gasteiger partial charge in [0, 0.05) is 5.69 Å². The van der Waals surface area contributed by atoms with Gasteiger partial charge < -0.3 is 26.6 Å². The number of aromatic nitrogens is 1. The van der Waals surface area contributed by atoms with Crippen molar-refractivity contribution in [3.05, 3.63) is 56.7 Å². The van der Waals surface area contributed by atoms with Crippen molar-refractivity contribution in [3.8, 4) is 0 Å². The van der Waals surface area contributed by atoms with Gasteiger partial charge in [0.05, 0.1) is 18.0 Å². The highest BCUT2D eigenvalue weighted by Gasteiger charge is 2.22. The number of nitrogens with two attached hydrogens (primary N) is 2. The largest absolute Gasteiger partial charge is 0.391 e. The predicted molar refractivity (Wildman–Crippen MR) is 112 cm³/mol. The minimum atomic E-state index is -4.35. The molecule has 0 unspecified atom stereocenters. The molecule has 0 radical (unpaired) electrons. The van der Waals surface area contributed by atoms with Crippen LogP contribution in [0.25, 0.3) is 0 Å². The van der Waals surface area contributed by atoms with E-state index in [2.05, 4.69) is 20.2 Å². The molecule has 0 saturated carbocycles. The molecular weight excluding hydrogens is 455 g/mol. The van der Waals surface area contributed by atoms with Crippen molar-refractivity contribution in [2.45, 2.75) is 18.2 Å². The summed E-state index contributed by atoms with van der Waals surface area (Å²) in [6.07, 6.45) is -0.317. The molecule has 0 aliphatic rings. The van der Waals surface area contributed by atoms with Gasteiger partial charge in [0.25, 0.3) is 15.6 Å². The fourth-order valence-corrected chi connectivity index (χ4v) is 4.12. The van der Waals surface area contributed by atoms with Crippen LogP contribution in [0.3, 0.4) is 0 Å². The lowest BCUT2D eigenvalue weighted by Crippen LogP contribution is -2.30. The summed E-state index contributed by atoms with van der Waals surface area (Å²) in [5.41, 5.74) is 9.58. The quantitative estimate of drug-likeness (QED) is 0.148. The Morgan fingerprint density at radius 1 is 1.32 bits per heavy atom. The average Bonchev–Trinajstić information content (AvgIpc) is 2.63. The van der Waals surface area contributed by atoms with Crippen molar-refractivity contribution in [1.29, 1.82) is 0 Å². The molecule has 0 bridgehead atoms. The van der Waals surface area contributed by atoms with Crippen LogP contribution in [-0.4, -0.2) is 38.4 Å². The Bertz CT molecular complexity index is 1160. The van der Waals surface area contributed by atoms with Crippen molar-refractivity contribution < 1.29 is 22.4 Å². The first-order valence-corrected chi connectivity index (χ1v) is 10.5. The molecule has 1 amide bonds. The Hall–Kier alpha value is -3.32. The predicted octanol–water partition coefficient (Wildman–Crippen LogP) is 0.140. The van der Waals surface area contributed by atoms with E-state index in [1.54, 1.807) is 6.92 Å². The van der Waals surface area contributed by atoms with Gasteiger partial charge in [0.1, 0.15) is 23.0 Å². The maximum atomic E-state index is 13.2. The van der Waals surface area contributed by atoms with Crippen LogP contribution in [0.2, 0.25) is 5.02 Å². The van der Waals surface area contributed by atoms with Crippen LogP contribution in [0.5, 0.6) is 0 Å². The number of halogens is 2. The molecule has 1 heterocycles. The Balaban J connectivity index is 2.22. The third-order valence-corrected chi connectivity index (χ3v) is 5.54. The number of oxime groups is 1. The van der Waals surface area contributed by atoms with Gasteiger partial charge >= 0.3 is 0 Å². The normalized spacial score (nSPS) is 10.9. The second-order valence-corrected chi connectivity index (χ2v) is 8.30. The Morgan fingerprint density at radius 2 is 2.03 bits per heavy atom. The molecule has 0 atom stereocenters. The number of aromatic amines is 1. The summed E-state index contributed by atoms with van der Waals surface area (Å²) in [6, 6.07) is 4.15. The first-order valence-electron chi connectivity index (χ1n) is 8.68. The van der Waals surface area contributed by atoms with Gasteiger partial charge in [-0.25, -0.2) is 12.8 Å². The van der Waals surface area contributed by atoms with E-state index in [9.17, 15) is 22.4 Å². The number of hydrogen-bond acceptors (Lipinski definition) is 6. The number of aryl methyl sites for hydroxylation is 1. The molecule has 0 saturated heterocycles. The Labute approximate surface area is 181 Å². The molecule has 31 heavy (non-hydrogen) atoms. The van der Waals surface area contributed by atoms with E-state index in [1.165, 1.54) is 6.07 Å². The van der Waals surface area contributed by atoms with Gasteiger partial charge in [-0.2, -0.15) is 0 Å². The number of hydrogen-bond donors (Lipinski definition) is 5. The van der Waals surface area contributed by atoms with Gasteiger partial charge in [-0.05, 0) is 41.9 Å². The summed E-state index contributed by atoms with van der Waals surface area (Å²) in [5.74, 6) is -1.51. The van der Waals surface area contributed by atoms with E-state index in [4.69, 9.17) is 27.9 Å². The number of sulfonamides is 1. The summed E-state index contributed by atoms with van der Waals surface area (Å²) in [6.45, 7) is 1.62. The number of anilines is 1. The highest BCUT2D eigenvalue weighted by atomic mass is 35.5. The highest BCUT2D eigenvalue weighted by Crippen LogP contribution is 2.25. The van der Waals surface area contributed by atoms with Crippen LogP contribution in [0, 0.1) is 12.7 Å². The van der Waals surface area contributed by atoms with Crippen molar-refractivity contribution in [2.75, 3.05) is 17.9 Å². The monoisotopic (exact) mass is 474 g/mol. The fraction of sp³-hybridized carbons (Fsp3) is 0.235. The molecule has 1 aromatic heterocycles. The van der Waals surface area contributed by atoms with Crippen LogP contribution in [0.4, 0.5) is 10.1 Å². The third kappa shape index (κ3) is 6.86. The summed E-state index contributed by atoms with van der Waals surface area (Å²) in [7, 11) is -4.35. The highest BCUT2D eigenvalue weighted by molar-refractivity contribution is 7.92. The molecule has 11 nitrogen and oxygen atoms in total. The molecule has 0 aliphatic heterocycles. The lowest BCUT2D eigenvalue weighted by Gasteiger charge is -2.13. The minimum Gasteiger partial charge on any atom is -0.391 e. The Morgan fingerprint density at radius 3 is 2.68 bits per heavy atom.